The largest absolute Gasteiger partial charge is 0.490 e. The molecule has 2 heterocycles. The minimum absolute atomic E-state index is 0.0629. The quantitative estimate of drug-likeness (QED) is 0.191. The van der Waals surface area contributed by atoms with Gasteiger partial charge >= 0.3 is 0 Å². The molecule has 0 aliphatic rings. The van der Waals surface area contributed by atoms with Crippen LogP contribution in [0.1, 0.15) is 32.8 Å². The molecule has 1 atom stereocenters. The van der Waals surface area contributed by atoms with Gasteiger partial charge in [0, 0.05) is 9.86 Å². The minimum Gasteiger partial charge on any atom is -0.490 e. The molecule has 0 N–H and O–H groups in total. The summed E-state index contributed by atoms with van der Waals surface area (Å²) in [7, 11) is 0. The monoisotopic (exact) mass is 559 g/mol. The van der Waals surface area contributed by atoms with Gasteiger partial charge in [-0.25, -0.2) is 4.98 Å². The molecule has 0 aliphatic carbocycles. The van der Waals surface area contributed by atoms with Crippen LogP contribution in [0.15, 0.2) is 85.5 Å². The van der Waals surface area contributed by atoms with E-state index in [0.29, 0.717) is 46.2 Å². The lowest BCUT2D eigenvalue weighted by Gasteiger charge is -2.16. The molecule has 0 amide bonds. The third-order valence-corrected chi connectivity index (χ3v) is 6.44. The maximum Gasteiger partial charge on any atom is 0.282 e. The van der Waals surface area contributed by atoms with Crippen LogP contribution < -0.4 is 15.0 Å². The van der Waals surface area contributed by atoms with Crippen LogP contribution >= 0.6 is 15.9 Å². The molecule has 5 aromatic rings. The van der Waals surface area contributed by atoms with Crippen molar-refractivity contribution in [2.45, 2.75) is 33.3 Å². The van der Waals surface area contributed by atoms with Crippen molar-refractivity contribution in [3.63, 3.8) is 0 Å². The lowest BCUT2D eigenvalue weighted by Crippen LogP contribution is -2.20. The number of para-hydroxylation sites is 1. The summed E-state index contributed by atoms with van der Waals surface area (Å²) < 4.78 is 20.1. The van der Waals surface area contributed by atoms with Crippen LogP contribution in [-0.4, -0.2) is 28.6 Å². The van der Waals surface area contributed by atoms with Crippen molar-refractivity contribution in [3.8, 4) is 23.1 Å². The highest BCUT2D eigenvalue weighted by Crippen LogP contribution is 2.31. The van der Waals surface area contributed by atoms with Gasteiger partial charge in [0.25, 0.3) is 5.56 Å². The van der Waals surface area contributed by atoms with Gasteiger partial charge in [0.2, 0.25) is 5.82 Å². The number of furan rings is 1. The maximum atomic E-state index is 13.5. The van der Waals surface area contributed by atoms with Crippen LogP contribution in [0.3, 0.4) is 0 Å². The number of aromatic nitrogens is 2. The maximum absolute atomic E-state index is 13.5. The van der Waals surface area contributed by atoms with Gasteiger partial charge in [0.1, 0.15) is 5.58 Å². The third kappa shape index (κ3) is 5.15. The van der Waals surface area contributed by atoms with E-state index in [4.69, 9.17) is 18.9 Å². The van der Waals surface area contributed by atoms with E-state index in [1.165, 1.54) is 4.68 Å². The van der Waals surface area contributed by atoms with Crippen molar-refractivity contribution in [3.05, 3.63) is 87.1 Å². The number of benzene rings is 3. The molecule has 0 saturated carbocycles. The second-order valence-electron chi connectivity index (χ2n) is 8.58. The molecular formula is C29H26BrN3O4. The third-order valence-electron chi connectivity index (χ3n) is 5.95. The molecule has 0 aliphatic heterocycles. The van der Waals surface area contributed by atoms with E-state index in [9.17, 15) is 4.79 Å². The van der Waals surface area contributed by atoms with Gasteiger partial charge in [-0.15, -0.1) is 0 Å². The lowest BCUT2D eigenvalue weighted by atomic mass is 10.2. The standard InChI is InChI=1S/C29H26BrN3O4/c1-4-18(3)36-25-12-10-19(14-26(25)35-5-2)17-31-33-28(32-23-9-7-6-8-22(23)29(33)34)27-16-20-15-21(30)11-13-24(20)37-27/h6-18H,4-5H2,1-3H3/t18-/m1/s1. The fourth-order valence-corrected chi connectivity index (χ4v) is 4.29. The van der Waals surface area contributed by atoms with E-state index in [1.54, 1.807) is 18.3 Å². The Kier molecular flexibility index (Phi) is 7.10. The summed E-state index contributed by atoms with van der Waals surface area (Å²) in [6.45, 7) is 6.51. The normalized spacial score (nSPS) is 12.4. The average molecular weight is 560 g/mol. The van der Waals surface area contributed by atoms with E-state index in [2.05, 4.69) is 28.0 Å². The van der Waals surface area contributed by atoms with Gasteiger partial charge in [-0.1, -0.05) is 35.0 Å². The average Bonchev–Trinajstić information content (AvgIpc) is 3.32. The number of nitrogens with zero attached hydrogens (tertiary/aromatic N) is 3. The summed E-state index contributed by atoms with van der Waals surface area (Å²) in [4.78, 5) is 18.2. The van der Waals surface area contributed by atoms with Gasteiger partial charge in [-0.2, -0.15) is 9.78 Å². The first-order valence-corrected chi connectivity index (χ1v) is 12.9. The number of hydrogen-bond donors (Lipinski definition) is 0. The van der Waals surface area contributed by atoms with Crippen LogP contribution in [0.25, 0.3) is 33.5 Å². The number of fused-ring (bicyclic) bond motifs is 2. The molecule has 0 fully saturated rings. The predicted molar refractivity (Wildman–Crippen MR) is 150 cm³/mol. The van der Waals surface area contributed by atoms with Crippen LogP contribution in [0.4, 0.5) is 0 Å². The molecular weight excluding hydrogens is 534 g/mol. The predicted octanol–water partition coefficient (Wildman–Crippen LogP) is 7.03. The molecule has 188 valence electrons. The van der Waals surface area contributed by atoms with Crippen molar-refractivity contribution in [2.24, 2.45) is 5.10 Å². The first kappa shape index (κ1) is 24.8. The number of ether oxygens (including phenoxy) is 2. The van der Waals surface area contributed by atoms with Gasteiger partial charge in [0.15, 0.2) is 17.3 Å². The summed E-state index contributed by atoms with van der Waals surface area (Å²) in [5.74, 6) is 2.06. The molecule has 0 radical (unpaired) electrons. The molecule has 0 spiro atoms. The Balaban J connectivity index is 1.61. The summed E-state index contributed by atoms with van der Waals surface area (Å²) in [6.07, 6.45) is 2.55. The highest BCUT2D eigenvalue weighted by Gasteiger charge is 2.17. The van der Waals surface area contributed by atoms with E-state index in [1.807, 2.05) is 68.4 Å². The first-order valence-electron chi connectivity index (χ1n) is 12.2. The SMILES string of the molecule is CCOc1cc(C=Nn2c(-c3cc4cc(Br)ccc4o3)nc3ccccc3c2=O)ccc1O[C@H](C)CC. The van der Waals surface area contributed by atoms with Gasteiger partial charge in [-0.05, 0) is 80.4 Å². The molecule has 7 nitrogen and oxygen atoms in total. The second-order valence-corrected chi connectivity index (χ2v) is 9.50. The Morgan fingerprint density at radius 2 is 1.92 bits per heavy atom. The minimum atomic E-state index is -0.291. The van der Waals surface area contributed by atoms with Crippen molar-refractivity contribution in [1.82, 2.24) is 9.66 Å². The zero-order valence-electron chi connectivity index (χ0n) is 20.8. The topological polar surface area (TPSA) is 78.9 Å². The highest BCUT2D eigenvalue weighted by molar-refractivity contribution is 9.10. The van der Waals surface area contributed by atoms with Crippen molar-refractivity contribution in [2.75, 3.05) is 6.61 Å². The molecule has 0 unspecified atom stereocenters. The van der Waals surface area contributed by atoms with Crippen molar-refractivity contribution < 1.29 is 13.9 Å². The second kappa shape index (κ2) is 10.6. The van der Waals surface area contributed by atoms with Crippen LogP contribution in [0.2, 0.25) is 0 Å². The molecule has 8 heteroatoms. The molecule has 0 saturated heterocycles. The lowest BCUT2D eigenvalue weighted by molar-refractivity contribution is 0.203. The Labute approximate surface area is 222 Å². The molecule has 5 rings (SSSR count). The van der Waals surface area contributed by atoms with E-state index >= 15 is 0 Å². The van der Waals surface area contributed by atoms with E-state index < -0.39 is 0 Å². The van der Waals surface area contributed by atoms with Crippen LogP contribution in [-0.2, 0) is 0 Å². The van der Waals surface area contributed by atoms with Gasteiger partial charge in [-0.3, -0.25) is 4.79 Å². The number of hydrogen-bond acceptors (Lipinski definition) is 6. The molecule has 37 heavy (non-hydrogen) atoms. The Hall–Kier alpha value is -3.91. The fraction of sp³-hybridized carbons (Fsp3) is 0.207. The van der Waals surface area contributed by atoms with Crippen LogP contribution in [0.5, 0.6) is 11.5 Å². The fourth-order valence-electron chi connectivity index (χ4n) is 3.91. The Morgan fingerprint density at radius 3 is 2.73 bits per heavy atom. The van der Waals surface area contributed by atoms with Gasteiger partial charge < -0.3 is 13.9 Å². The zero-order valence-corrected chi connectivity index (χ0v) is 22.4. The Bertz CT molecular complexity index is 1670. The summed E-state index contributed by atoms with van der Waals surface area (Å²) in [5, 5.41) is 5.91. The van der Waals surface area contributed by atoms with E-state index in [-0.39, 0.29) is 11.7 Å². The molecule has 2 aromatic heterocycles. The summed E-state index contributed by atoms with van der Waals surface area (Å²) in [5.41, 5.74) is 1.72. The van der Waals surface area contributed by atoms with Crippen molar-refractivity contribution >= 4 is 44.0 Å². The van der Waals surface area contributed by atoms with Crippen LogP contribution in [0, 0.1) is 0 Å². The number of rotatable bonds is 8. The molecule has 3 aromatic carbocycles. The zero-order chi connectivity index (χ0) is 25.9. The number of halogens is 1. The highest BCUT2D eigenvalue weighted by atomic mass is 79.9. The van der Waals surface area contributed by atoms with Crippen molar-refractivity contribution in [1.29, 1.82) is 0 Å². The van der Waals surface area contributed by atoms with Gasteiger partial charge in [0.05, 0.1) is 29.8 Å². The first-order chi connectivity index (χ1) is 18.0. The Morgan fingerprint density at radius 1 is 1.08 bits per heavy atom. The summed E-state index contributed by atoms with van der Waals surface area (Å²) >= 11 is 3.49. The smallest absolute Gasteiger partial charge is 0.282 e. The van der Waals surface area contributed by atoms with E-state index in [0.717, 1.165) is 21.8 Å². The molecule has 0 bridgehead atoms. The summed E-state index contributed by atoms with van der Waals surface area (Å²) in [6, 6.07) is 20.4.